The lowest BCUT2D eigenvalue weighted by atomic mass is 9.75. The van der Waals surface area contributed by atoms with Crippen molar-refractivity contribution in [2.75, 3.05) is 19.2 Å². The van der Waals surface area contributed by atoms with Gasteiger partial charge in [0.05, 0.1) is 7.11 Å². The maximum atomic E-state index is 13.8. The van der Waals surface area contributed by atoms with Crippen molar-refractivity contribution in [2.45, 2.75) is 38.0 Å². The van der Waals surface area contributed by atoms with Gasteiger partial charge >= 0.3 is 0 Å². The number of phenolic OH excluding ortho intramolecular Hbond substituents is 1. The lowest BCUT2D eigenvalue weighted by Gasteiger charge is -2.30. The molecule has 178 valence electrons. The Labute approximate surface area is 204 Å². The van der Waals surface area contributed by atoms with E-state index in [-0.39, 0.29) is 30.2 Å². The second-order valence-corrected chi connectivity index (χ2v) is 9.46. The summed E-state index contributed by atoms with van der Waals surface area (Å²) in [6.07, 6.45) is 1.84. The Hall–Kier alpha value is -3.93. The minimum absolute atomic E-state index is 0.0465. The zero-order valence-electron chi connectivity index (χ0n) is 19.8. The summed E-state index contributed by atoms with van der Waals surface area (Å²) in [7, 11) is 1.55. The number of hydrogen-bond acceptors (Lipinski definition) is 6. The maximum absolute atomic E-state index is 13.8. The highest BCUT2D eigenvalue weighted by atomic mass is 16.7. The van der Waals surface area contributed by atoms with Crippen molar-refractivity contribution < 1.29 is 24.1 Å². The average Bonchev–Trinajstić information content (AvgIpc) is 3.26. The van der Waals surface area contributed by atoms with Crippen LogP contribution in [0.15, 0.2) is 65.9 Å². The fourth-order valence-electron chi connectivity index (χ4n) is 5.58. The summed E-state index contributed by atoms with van der Waals surface area (Å²) in [6.45, 7) is 2.09. The van der Waals surface area contributed by atoms with Crippen molar-refractivity contribution >= 4 is 11.5 Å². The number of ketones is 1. The van der Waals surface area contributed by atoms with E-state index in [4.69, 9.17) is 14.2 Å². The lowest BCUT2D eigenvalue weighted by molar-refractivity contribution is -0.116. The first kappa shape index (κ1) is 21.6. The number of rotatable bonds is 3. The second-order valence-electron chi connectivity index (χ2n) is 9.46. The number of ether oxygens (including phenoxy) is 3. The van der Waals surface area contributed by atoms with Crippen LogP contribution in [0.25, 0.3) is 0 Å². The molecule has 0 amide bonds. The minimum Gasteiger partial charge on any atom is -0.504 e. The molecule has 6 heteroatoms. The molecule has 3 aliphatic rings. The summed E-state index contributed by atoms with van der Waals surface area (Å²) >= 11 is 0. The number of para-hydroxylation sites is 1. The number of hydrogen-bond donors (Lipinski definition) is 2. The number of aryl methyl sites for hydroxylation is 1. The van der Waals surface area contributed by atoms with E-state index in [1.54, 1.807) is 7.11 Å². The Balaban J connectivity index is 1.45. The monoisotopic (exact) mass is 469 g/mol. The van der Waals surface area contributed by atoms with Crippen molar-refractivity contribution in [1.82, 2.24) is 0 Å². The molecule has 0 bridgehead atoms. The zero-order chi connectivity index (χ0) is 24.1. The van der Waals surface area contributed by atoms with Crippen LogP contribution in [-0.2, 0) is 11.2 Å². The fourth-order valence-corrected chi connectivity index (χ4v) is 5.58. The van der Waals surface area contributed by atoms with E-state index in [0.717, 1.165) is 57.1 Å². The molecule has 0 saturated heterocycles. The first-order valence-electron chi connectivity index (χ1n) is 11.9. The maximum Gasteiger partial charge on any atom is 0.231 e. The Kier molecular flexibility index (Phi) is 5.17. The molecular formula is C29H27NO5. The summed E-state index contributed by atoms with van der Waals surface area (Å²) < 4.78 is 16.5. The van der Waals surface area contributed by atoms with Crippen molar-refractivity contribution in [3.05, 3.63) is 88.1 Å². The van der Waals surface area contributed by atoms with Gasteiger partial charge in [0, 0.05) is 29.3 Å². The van der Waals surface area contributed by atoms with E-state index in [0.29, 0.717) is 18.6 Å². The molecule has 1 aliphatic carbocycles. The van der Waals surface area contributed by atoms with Crippen LogP contribution in [0, 0.1) is 6.92 Å². The van der Waals surface area contributed by atoms with Gasteiger partial charge in [0.15, 0.2) is 28.8 Å². The minimum atomic E-state index is -0.139. The van der Waals surface area contributed by atoms with Gasteiger partial charge in [-0.15, -0.1) is 0 Å². The number of allylic oxidation sites excluding steroid dienone is 2. The fraction of sp³-hybridized carbons (Fsp3) is 0.276. The molecule has 2 aliphatic heterocycles. The van der Waals surface area contributed by atoms with Crippen LogP contribution in [0.3, 0.4) is 0 Å². The zero-order valence-corrected chi connectivity index (χ0v) is 19.8. The summed E-state index contributed by atoms with van der Waals surface area (Å²) in [6, 6.07) is 18.0. The first-order chi connectivity index (χ1) is 17.0. The quantitative estimate of drug-likeness (QED) is 0.521. The molecule has 2 unspecified atom stereocenters. The molecule has 3 aromatic carbocycles. The number of Topliss-reactive ketones (excluding diaryl/α,β-unsaturated/α-hetero) is 1. The van der Waals surface area contributed by atoms with E-state index in [1.807, 2.05) is 49.4 Å². The number of methoxy groups -OCH3 is 1. The van der Waals surface area contributed by atoms with Crippen molar-refractivity contribution in [1.29, 1.82) is 0 Å². The summed E-state index contributed by atoms with van der Waals surface area (Å²) in [5, 5.41) is 14.0. The van der Waals surface area contributed by atoms with Gasteiger partial charge in [-0.1, -0.05) is 30.3 Å². The van der Waals surface area contributed by atoms with E-state index in [9.17, 15) is 9.90 Å². The lowest BCUT2D eigenvalue weighted by Crippen LogP contribution is -2.25. The van der Waals surface area contributed by atoms with Gasteiger partial charge in [0.2, 0.25) is 6.79 Å². The van der Waals surface area contributed by atoms with Crippen molar-refractivity contribution in [3.63, 3.8) is 0 Å². The molecule has 2 atom stereocenters. The summed E-state index contributed by atoms with van der Waals surface area (Å²) in [5.41, 5.74) is 6.75. The normalized spacial score (nSPS) is 20.6. The molecule has 0 aromatic heterocycles. The van der Waals surface area contributed by atoms with Gasteiger partial charge < -0.3 is 24.6 Å². The topological polar surface area (TPSA) is 77.0 Å². The number of benzene rings is 3. The summed E-state index contributed by atoms with van der Waals surface area (Å²) in [4.78, 5) is 13.8. The molecule has 2 N–H and O–H groups in total. The van der Waals surface area contributed by atoms with Crippen LogP contribution in [-0.4, -0.2) is 24.8 Å². The highest BCUT2D eigenvalue weighted by Gasteiger charge is 2.37. The van der Waals surface area contributed by atoms with Gasteiger partial charge in [-0.05, 0) is 72.2 Å². The van der Waals surface area contributed by atoms with Crippen LogP contribution in [0.5, 0.6) is 23.0 Å². The van der Waals surface area contributed by atoms with E-state index >= 15 is 0 Å². The van der Waals surface area contributed by atoms with Gasteiger partial charge in [-0.3, -0.25) is 4.79 Å². The molecule has 0 saturated carbocycles. The highest BCUT2D eigenvalue weighted by molar-refractivity contribution is 6.00. The van der Waals surface area contributed by atoms with Gasteiger partial charge in [0.25, 0.3) is 0 Å². The van der Waals surface area contributed by atoms with E-state index < -0.39 is 0 Å². The Morgan fingerprint density at radius 3 is 2.66 bits per heavy atom. The average molecular weight is 470 g/mol. The van der Waals surface area contributed by atoms with Gasteiger partial charge in [0.1, 0.15) is 0 Å². The molecule has 6 nitrogen and oxygen atoms in total. The third-order valence-corrected chi connectivity index (χ3v) is 7.36. The number of anilines is 1. The number of nitrogens with one attached hydrogen (secondary N) is 1. The van der Waals surface area contributed by atoms with Crippen LogP contribution >= 0.6 is 0 Å². The number of fused-ring (bicyclic) bond motifs is 2. The molecule has 35 heavy (non-hydrogen) atoms. The highest BCUT2D eigenvalue weighted by Crippen LogP contribution is 2.47. The SMILES string of the molecule is COc1cc(C2Cc3ccccc3NC3=C2C(=O)CC(c2ccc4c(c2)OCO4)C3)cc(C)c1O. The van der Waals surface area contributed by atoms with Gasteiger partial charge in [-0.2, -0.15) is 0 Å². The van der Waals surface area contributed by atoms with Crippen LogP contribution in [0.1, 0.15) is 46.9 Å². The molecule has 3 aromatic rings. The van der Waals surface area contributed by atoms with Crippen molar-refractivity contribution in [3.8, 4) is 23.0 Å². The summed E-state index contributed by atoms with van der Waals surface area (Å²) in [5.74, 6) is 2.09. The Morgan fingerprint density at radius 1 is 0.971 bits per heavy atom. The Bertz CT molecular complexity index is 1380. The van der Waals surface area contributed by atoms with Crippen molar-refractivity contribution in [2.24, 2.45) is 0 Å². The Morgan fingerprint density at radius 2 is 1.80 bits per heavy atom. The van der Waals surface area contributed by atoms with Gasteiger partial charge in [-0.25, -0.2) is 0 Å². The predicted molar refractivity (Wildman–Crippen MR) is 132 cm³/mol. The van der Waals surface area contributed by atoms with Crippen LogP contribution < -0.4 is 19.5 Å². The van der Waals surface area contributed by atoms with E-state index in [1.165, 1.54) is 0 Å². The third-order valence-electron chi connectivity index (χ3n) is 7.36. The number of carbonyl (C=O) groups is 1. The molecule has 6 rings (SSSR count). The first-order valence-corrected chi connectivity index (χ1v) is 11.9. The number of phenols is 1. The van der Waals surface area contributed by atoms with Crippen LogP contribution in [0.2, 0.25) is 0 Å². The molecule has 0 spiro atoms. The molecule has 2 heterocycles. The predicted octanol–water partition coefficient (Wildman–Crippen LogP) is 5.59. The second kappa shape index (κ2) is 8.38. The number of carbonyl (C=O) groups excluding carboxylic acids is 1. The molecular weight excluding hydrogens is 442 g/mol. The third kappa shape index (κ3) is 3.70. The largest absolute Gasteiger partial charge is 0.504 e. The number of aromatic hydroxyl groups is 1. The van der Waals surface area contributed by atoms with Crippen LogP contribution in [0.4, 0.5) is 5.69 Å². The standard InChI is InChI=1S/C29H27NO5/c1-16-9-20(14-27(33-2)29(16)32)21-10-18-5-3-4-6-22(18)30-23-11-19(12-24(31)28(21)23)17-7-8-25-26(13-17)35-15-34-25/h3-9,13-14,19,21,30,32H,10-12,15H2,1-2H3. The molecule has 0 fully saturated rings. The van der Waals surface area contributed by atoms with E-state index in [2.05, 4.69) is 17.4 Å². The smallest absolute Gasteiger partial charge is 0.231 e. The molecule has 0 radical (unpaired) electrons.